The maximum absolute atomic E-state index is 3.87. The highest BCUT2D eigenvalue weighted by molar-refractivity contribution is 9.10. The molecule has 0 aliphatic carbocycles. The molecule has 0 aliphatic heterocycles. The Labute approximate surface area is 299 Å². The first-order valence-corrected chi connectivity index (χ1v) is 17.7. The summed E-state index contributed by atoms with van der Waals surface area (Å²) in [6.07, 6.45) is 1.06. The molecule has 1 heteroatoms. The first-order chi connectivity index (χ1) is 24.0. The predicted octanol–water partition coefficient (Wildman–Crippen LogP) is 14.3. The highest BCUT2D eigenvalue weighted by Crippen LogP contribution is 2.44. The van der Waals surface area contributed by atoms with E-state index in [1.165, 1.54) is 71.6 Å². The number of benzene rings is 8. The number of fused-ring (bicyclic) bond motifs is 2. The molecular formula is C48H41Br. The highest BCUT2D eigenvalue weighted by Gasteiger charge is 2.17. The molecule has 240 valence electrons. The fraction of sp³-hybridized carbons (Fsp3) is 0.0833. The summed E-state index contributed by atoms with van der Waals surface area (Å²) in [6.45, 7) is 6.39. The second kappa shape index (κ2) is 16.2. The van der Waals surface area contributed by atoms with E-state index < -0.39 is 0 Å². The van der Waals surface area contributed by atoms with Crippen LogP contribution in [0.3, 0.4) is 0 Å². The minimum absolute atomic E-state index is 1.06. The Balaban J connectivity index is 0.000000170. The van der Waals surface area contributed by atoms with Crippen LogP contribution in [0.4, 0.5) is 0 Å². The first-order valence-electron chi connectivity index (χ1n) is 16.9. The van der Waals surface area contributed by atoms with Gasteiger partial charge in [0.05, 0.1) is 0 Å². The van der Waals surface area contributed by atoms with Crippen LogP contribution in [0, 0.1) is 13.8 Å². The van der Waals surface area contributed by atoms with Crippen molar-refractivity contribution in [3.63, 3.8) is 0 Å². The molecular weight excluding hydrogens is 656 g/mol. The topological polar surface area (TPSA) is 0 Å². The standard InChI is InChI=1S/C28H21Br.C13H12.C7H8/c1-2-19-11-13-22(14-12-19)25-17-15-20-7-3-5-9-23(20)27(25)28-24-10-6-4-8-21(24)16-18-26(28)29;1-11-7-9-13(10-8-11)12-5-3-2-4-6-12;1-7-5-3-2-4-6-7/h3-18H,2H2,1H3;2-10H,1H3;2-6H,1H3. The van der Waals surface area contributed by atoms with Gasteiger partial charge < -0.3 is 0 Å². The van der Waals surface area contributed by atoms with Crippen LogP contribution < -0.4 is 0 Å². The minimum atomic E-state index is 1.06. The summed E-state index contributed by atoms with van der Waals surface area (Å²) in [4.78, 5) is 0. The van der Waals surface area contributed by atoms with Crippen molar-refractivity contribution in [3.8, 4) is 33.4 Å². The van der Waals surface area contributed by atoms with E-state index in [4.69, 9.17) is 0 Å². The Kier molecular flexibility index (Phi) is 11.2. The van der Waals surface area contributed by atoms with Crippen molar-refractivity contribution in [1.82, 2.24) is 0 Å². The Hall–Kier alpha value is -5.24. The fourth-order valence-corrected chi connectivity index (χ4v) is 6.66. The first kappa shape index (κ1) is 33.7. The van der Waals surface area contributed by atoms with E-state index in [9.17, 15) is 0 Å². The minimum Gasteiger partial charge on any atom is -0.0622 e. The molecule has 0 atom stereocenters. The second-order valence-electron chi connectivity index (χ2n) is 12.3. The van der Waals surface area contributed by atoms with Gasteiger partial charge in [0.15, 0.2) is 0 Å². The molecule has 0 spiro atoms. The van der Waals surface area contributed by atoms with Crippen LogP contribution in [0.2, 0.25) is 0 Å². The zero-order chi connectivity index (χ0) is 34.0. The van der Waals surface area contributed by atoms with Crippen LogP contribution in [0.25, 0.3) is 54.9 Å². The lowest BCUT2D eigenvalue weighted by atomic mass is 9.87. The van der Waals surface area contributed by atoms with Crippen molar-refractivity contribution in [3.05, 3.63) is 203 Å². The lowest BCUT2D eigenvalue weighted by Gasteiger charge is -2.18. The van der Waals surface area contributed by atoms with E-state index in [2.05, 4.69) is 194 Å². The number of hydrogen-bond acceptors (Lipinski definition) is 0. The number of aryl methyl sites for hydroxylation is 3. The van der Waals surface area contributed by atoms with Crippen molar-refractivity contribution in [2.45, 2.75) is 27.2 Å². The van der Waals surface area contributed by atoms with E-state index in [0.717, 1.165) is 10.9 Å². The fourth-order valence-electron chi connectivity index (χ4n) is 6.11. The third-order valence-corrected chi connectivity index (χ3v) is 9.49. The van der Waals surface area contributed by atoms with Gasteiger partial charge in [0.25, 0.3) is 0 Å². The molecule has 0 unspecified atom stereocenters. The molecule has 8 aromatic carbocycles. The van der Waals surface area contributed by atoms with Gasteiger partial charge >= 0.3 is 0 Å². The summed E-state index contributed by atoms with van der Waals surface area (Å²) in [5.74, 6) is 0. The van der Waals surface area contributed by atoms with Crippen molar-refractivity contribution in [2.75, 3.05) is 0 Å². The van der Waals surface area contributed by atoms with Crippen molar-refractivity contribution >= 4 is 37.5 Å². The Morgan fingerprint density at radius 3 is 1.43 bits per heavy atom. The molecule has 0 heterocycles. The van der Waals surface area contributed by atoms with E-state index in [0.29, 0.717) is 0 Å². The van der Waals surface area contributed by atoms with E-state index in [-0.39, 0.29) is 0 Å². The van der Waals surface area contributed by atoms with Crippen LogP contribution in [-0.2, 0) is 6.42 Å². The molecule has 8 rings (SSSR count). The normalized spacial score (nSPS) is 10.5. The summed E-state index contributed by atoms with van der Waals surface area (Å²) in [5, 5.41) is 5.06. The largest absolute Gasteiger partial charge is 0.0622 e. The monoisotopic (exact) mass is 696 g/mol. The SMILES string of the molecule is CCc1ccc(-c2ccc3ccccc3c2-c2c(Br)ccc3ccccc23)cc1.Cc1ccc(-c2ccccc2)cc1.Cc1ccccc1. The molecule has 0 amide bonds. The van der Waals surface area contributed by atoms with Gasteiger partial charge in [-0.3, -0.25) is 0 Å². The van der Waals surface area contributed by atoms with Crippen molar-refractivity contribution in [1.29, 1.82) is 0 Å². The van der Waals surface area contributed by atoms with Crippen LogP contribution in [0.5, 0.6) is 0 Å². The molecule has 0 saturated carbocycles. The molecule has 0 radical (unpaired) electrons. The van der Waals surface area contributed by atoms with E-state index in [1.54, 1.807) is 0 Å². The molecule has 0 nitrogen and oxygen atoms in total. The summed E-state index contributed by atoms with van der Waals surface area (Å²) >= 11 is 3.87. The van der Waals surface area contributed by atoms with E-state index >= 15 is 0 Å². The predicted molar refractivity (Wildman–Crippen MR) is 217 cm³/mol. The second-order valence-corrected chi connectivity index (χ2v) is 13.1. The number of rotatable bonds is 4. The van der Waals surface area contributed by atoms with Crippen LogP contribution in [0.15, 0.2) is 186 Å². The van der Waals surface area contributed by atoms with Gasteiger partial charge in [0.1, 0.15) is 0 Å². The average molecular weight is 698 g/mol. The smallest absolute Gasteiger partial charge is 0.0260 e. The lowest BCUT2D eigenvalue weighted by Crippen LogP contribution is -1.91. The lowest BCUT2D eigenvalue weighted by molar-refractivity contribution is 1.14. The molecule has 8 aromatic rings. The molecule has 0 bridgehead atoms. The summed E-state index contributed by atoms with van der Waals surface area (Å²) in [6, 6.07) is 64.5. The Morgan fingerprint density at radius 1 is 0.388 bits per heavy atom. The Morgan fingerprint density at radius 2 is 0.857 bits per heavy atom. The third-order valence-electron chi connectivity index (χ3n) is 8.83. The van der Waals surface area contributed by atoms with Gasteiger partial charge in [-0.2, -0.15) is 0 Å². The van der Waals surface area contributed by atoms with Gasteiger partial charge in [0, 0.05) is 10.0 Å². The molecule has 0 saturated heterocycles. The highest BCUT2D eigenvalue weighted by atomic mass is 79.9. The van der Waals surface area contributed by atoms with E-state index in [1.807, 2.05) is 24.3 Å². The molecule has 0 N–H and O–H groups in total. The number of hydrogen-bond donors (Lipinski definition) is 0. The van der Waals surface area contributed by atoms with Gasteiger partial charge in [-0.1, -0.05) is 210 Å². The van der Waals surface area contributed by atoms with Crippen LogP contribution in [0.1, 0.15) is 23.6 Å². The zero-order valence-corrected chi connectivity index (χ0v) is 30.0. The summed E-state index contributed by atoms with van der Waals surface area (Å²) < 4.78 is 1.12. The molecule has 49 heavy (non-hydrogen) atoms. The Bertz CT molecular complexity index is 2250. The van der Waals surface area contributed by atoms with Gasteiger partial charge in [-0.25, -0.2) is 0 Å². The zero-order valence-electron chi connectivity index (χ0n) is 28.4. The van der Waals surface area contributed by atoms with Gasteiger partial charge in [0.2, 0.25) is 0 Å². The maximum atomic E-state index is 3.87. The summed E-state index contributed by atoms with van der Waals surface area (Å²) in [5.41, 5.74) is 11.6. The average Bonchev–Trinajstić information content (AvgIpc) is 3.16. The van der Waals surface area contributed by atoms with Gasteiger partial charge in [-0.05, 0) is 81.3 Å². The van der Waals surface area contributed by atoms with Crippen molar-refractivity contribution in [2.24, 2.45) is 0 Å². The molecule has 0 aliphatic rings. The maximum Gasteiger partial charge on any atom is 0.0260 e. The quantitative estimate of drug-likeness (QED) is 0.172. The van der Waals surface area contributed by atoms with Crippen LogP contribution >= 0.6 is 15.9 Å². The van der Waals surface area contributed by atoms with Gasteiger partial charge in [-0.15, -0.1) is 0 Å². The molecule has 0 fully saturated rings. The third kappa shape index (κ3) is 8.26. The summed E-state index contributed by atoms with van der Waals surface area (Å²) in [7, 11) is 0. The van der Waals surface area contributed by atoms with Crippen molar-refractivity contribution < 1.29 is 0 Å². The number of halogens is 1. The molecule has 0 aromatic heterocycles. The van der Waals surface area contributed by atoms with Crippen LogP contribution in [-0.4, -0.2) is 0 Å².